The van der Waals surface area contributed by atoms with Crippen molar-refractivity contribution in [2.45, 2.75) is 13.8 Å². The molecule has 0 saturated heterocycles. The normalized spacial score (nSPS) is 11.1. The van der Waals surface area contributed by atoms with Crippen molar-refractivity contribution in [2.24, 2.45) is 0 Å². The summed E-state index contributed by atoms with van der Waals surface area (Å²) in [4.78, 5) is 23.5. The summed E-state index contributed by atoms with van der Waals surface area (Å²) in [6.07, 6.45) is 1.07. The fraction of sp³-hybridized carbons (Fsp3) is 0.286. The van der Waals surface area contributed by atoms with E-state index in [0.29, 0.717) is 10.6 Å². The van der Waals surface area contributed by atoms with Crippen molar-refractivity contribution in [1.29, 1.82) is 0 Å². The number of hydrogen-bond acceptors (Lipinski definition) is 4. The molecule has 0 amide bonds. The van der Waals surface area contributed by atoms with Gasteiger partial charge in [0.2, 0.25) is 0 Å². The van der Waals surface area contributed by atoms with E-state index in [1.807, 2.05) is 0 Å². The largest absolute Gasteiger partial charge is 0.463 e. The first-order valence-corrected chi connectivity index (χ1v) is 6.76. The van der Waals surface area contributed by atoms with Gasteiger partial charge in [-0.05, 0) is 26.0 Å². The van der Waals surface area contributed by atoms with Gasteiger partial charge in [-0.15, -0.1) is 0 Å². The lowest BCUT2D eigenvalue weighted by Crippen LogP contribution is -2.10. The number of hydrogen-bond donors (Lipinski definition) is 0. The average molecular weight is 317 g/mol. The van der Waals surface area contributed by atoms with Crippen LogP contribution in [0.25, 0.3) is 5.57 Å². The summed E-state index contributed by atoms with van der Waals surface area (Å²) in [5, 5.41) is 0.680. The number of benzene rings is 1. The third-order valence-electron chi connectivity index (χ3n) is 2.27. The average Bonchev–Trinajstić information content (AvgIpc) is 2.37. The van der Waals surface area contributed by atoms with Gasteiger partial charge in [0.1, 0.15) is 0 Å². The minimum atomic E-state index is -0.648. The van der Waals surface area contributed by atoms with E-state index < -0.39 is 11.9 Å². The van der Waals surface area contributed by atoms with E-state index in [4.69, 9.17) is 32.7 Å². The summed E-state index contributed by atoms with van der Waals surface area (Å²) >= 11 is 11.8. The third-order valence-corrected chi connectivity index (χ3v) is 2.81. The van der Waals surface area contributed by atoms with Crippen LogP contribution in [-0.4, -0.2) is 25.2 Å². The Morgan fingerprint density at radius 2 is 1.80 bits per heavy atom. The van der Waals surface area contributed by atoms with Crippen molar-refractivity contribution in [3.05, 3.63) is 39.9 Å². The van der Waals surface area contributed by atoms with Crippen LogP contribution in [0, 0.1) is 0 Å². The van der Waals surface area contributed by atoms with Crippen molar-refractivity contribution in [3.8, 4) is 0 Å². The maximum atomic E-state index is 11.9. The Labute approximate surface area is 127 Å². The van der Waals surface area contributed by atoms with Crippen LogP contribution in [0.15, 0.2) is 24.3 Å². The highest BCUT2D eigenvalue weighted by Gasteiger charge is 2.18. The second kappa shape index (κ2) is 7.92. The molecule has 6 heteroatoms. The minimum absolute atomic E-state index is 0.0342. The summed E-state index contributed by atoms with van der Waals surface area (Å²) < 4.78 is 9.71. The molecule has 1 aromatic carbocycles. The Kier molecular flexibility index (Phi) is 6.55. The van der Waals surface area contributed by atoms with Crippen molar-refractivity contribution >= 4 is 40.7 Å². The molecule has 0 fully saturated rings. The number of halogens is 2. The van der Waals surface area contributed by atoms with E-state index in [2.05, 4.69) is 0 Å². The molecule has 0 atom stereocenters. The highest BCUT2D eigenvalue weighted by molar-refractivity contribution is 6.37. The molecule has 0 spiro atoms. The van der Waals surface area contributed by atoms with Gasteiger partial charge in [-0.2, -0.15) is 0 Å². The van der Waals surface area contributed by atoms with Gasteiger partial charge in [0.15, 0.2) is 0 Å². The predicted octanol–water partition coefficient (Wildman–Crippen LogP) is 3.50. The fourth-order valence-corrected chi connectivity index (χ4v) is 1.98. The third kappa shape index (κ3) is 4.54. The summed E-state index contributed by atoms with van der Waals surface area (Å²) in [5.41, 5.74) is 0.398. The van der Waals surface area contributed by atoms with Gasteiger partial charge in [0.05, 0.1) is 23.8 Å². The zero-order valence-electron chi connectivity index (χ0n) is 11.1. The van der Waals surface area contributed by atoms with Crippen LogP contribution in [-0.2, 0) is 19.1 Å². The second-order valence-corrected chi connectivity index (χ2v) is 4.50. The quantitative estimate of drug-likeness (QED) is 0.616. The molecule has 0 aliphatic heterocycles. The van der Waals surface area contributed by atoms with Crippen LogP contribution in [0.5, 0.6) is 0 Å². The van der Waals surface area contributed by atoms with E-state index in [-0.39, 0.29) is 23.8 Å². The molecule has 4 nitrogen and oxygen atoms in total. The Bertz CT molecular complexity index is 538. The fourth-order valence-electron chi connectivity index (χ4n) is 1.47. The van der Waals surface area contributed by atoms with Gasteiger partial charge < -0.3 is 9.47 Å². The zero-order chi connectivity index (χ0) is 15.1. The Morgan fingerprint density at radius 3 is 2.35 bits per heavy atom. The van der Waals surface area contributed by atoms with Crippen molar-refractivity contribution in [1.82, 2.24) is 0 Å². The number of esters is 2. The lowest BCUT2D eigenvalue weighted by molar-refractivity contribution is -0.139. The highest BCUT2D eigenvalue weighted by Crippen LogP contribution is 2.28. The molecule has 0 N–H and O–H groups in total. The highest BCUT2D eigenvalue weighted by atomic mass is 35.5. The molecule has 0 unspecified atom stereocenters. The number of carbonyl (C=O) groups excluding carboxylic acids is 2. The number of rotatable bonds is 5. The van der Waals surface area contributed by atoms with Crippen molar-refractivity contribution in [3.63, 3.8) is 0 Å². The molecule has 0 radical (unpaired) electrons. The van der Waals surface area contributed by atoms with Gasteiger partial charge in [0.25, 0.3) is 0 Å². The molecule has 0 saturated carbocycles. The molecule has 0 aliphatic rings. The molecular formula is C14H14Cl2O4. The summed E-state index contributed by atoms with van der Waals surface area (Å²) in [5.74, 6) is -1.29. The van der Waals surface area contributed by atoms with Gasteiger partial charge in [-0.25, -0.2) is 9.59 Å². The van der Waals surface area contributed by atoms with Gasteiger partial charge >= 0.3 is 11.9 Å². The van der Waals surface area contributed by atoms with Gasteiger partial charge in [0, 0.05) is 16.7 Å². The first-order valence-electron chi connectivity index (χ1n) is 6.00. The van der Waals surface area contributed by atoms with E-state index in [1.165, 1.54) is 6.07 Å². The van der Waals surface area contributed by atoms with Crippen LogP contribution >= 0.6 is 23.2 Å². The predicted molar refractivity (Wildman–Crippen MR) is 77.7 cm³/mol. The smallest absolute Gasteiger partial charge is 0.339 e. The van der Waals surface area contributed by atoms with Crippen LogP contribution in [0.3, 0.4) is 0 Å². The molecule has 108 valence electrons. The first-order chi connectivity index (χ1) is 9.49. The zero-order valence-corrected chi connectivity index (χ0v) is 12.6. The Balaban J connectivity index is 3.22. The maximum Gasteiger partial charge on any atom is 0.339 e. The monoisotopic (exact) mass is 316 g/mol. The lowest BCUT2D eigenvalue weighted by Gasteiger charge is -2.09. The molecule has 0 heterocycles. The standard InChI is InChI=1S/C14H14Cl2O4/c1-3-19-13(17)8-11(14(18)20-4-2)10-6-5-9(15)7-12(10)16/h5-8H,3-4H2,1-2H3/b11-8+. The van der Waals surface area contributed by atoms with Crippen LogP contribution in [0.1, 0.15) is 19.4 Å². The first kappa shape index (κ1) is 16.5. The van der Waals surface area contributed by atoms with Crippen LogP contribution < -0.4 is 0 Å². The van der Waals surface area contributed by atoms with Crippen LogP contribution in [0.2, 0.25) is 10.0 Å². The molecule has 1 aromatic rings. The second-order valence-electron chi connectivity index (χ2n) is 3.65. The van der Waals surface area contributed by atoms with E-state index >= 15 is 0 Å². The molecule has 0 aliphatic carbocycles. The lowest BCUT2D eigenvalue weighted by atomic mass is 10.1. The van der Waals surface area contributed by atoms with Gasteiger partial charge in [-0.3, -0.25) is 0 Å². The number of carbonyl (C=O) groups is 2. The molecular weight excluding hydrogens is 303 g/mol. The topological polar surface area (TPSA) is 52.6 Å². The number of ether oxygens (including phenoxy) is 2. The maximum absolute atomic E-state index is 11.9. The summed E-state index contributed by atoms with van der Waals surface area (Å²) in [6.45, 7) is 3.73. The summed E-state index contributed by atoms with van der Waals surface area (Å²) in [7, 11) is 0. The molecule has 0 bridgehead atoms. The van der Waals surface area contributed by atoms with Crippen molar-refractivity contribution in [2.75, 3.05) is 13.2 Å². The van der Waals surface area contributed by atoms with Gasteiger partial charge in [-0.1, -0.05) is 29.3 Å². The molecule has 20 heavy (non-hydrogen) atoms. The van der Waals surface area contributed by atoms with E-state index in [0.717, 1.165) is 6.08 Å². The Hall–Kier alpha value is -1.52. The SMILES string of the molecule is CCOC(=O)/C=C(/C(=O)OCC)c1ccc(Cl)cc1Cl. The molecule has 1 rings (SSSR count). The Morgan fingerprint density at radius 1 is 1.15 bits per heavy atom. The summed E-state index contributed by atoms with van der Waals surface area (Å²) in [6, 6.07) is 4.60. The van der Waals surface area contributed by atoms with E-state index in [9.17, 15) is 9.59 Å². The molecule has 0 aromatic heterocycles. The van der Waals surface area contributed by atoms with Crippen LogP contribution in [0.4, 0.5) is 0 Å². The minimum Gasteiger partial charge on any atom is -0.463 e. The van der Waals surface area contributed by atoms with Crippen molar-refractivity contribution < 1.29 is 19.1 Å². The van der Waals surface area contributed by atoms with E-state index in [1.54, 1.807) is 26.0 Å².